The molecule has 2 rings (SSSR count). The first-order valence-corrected chi connectivity index (χ1v) is 6.42. The minimum atomic E-state index is -0.550. The molecule has 0 fully saturated rings. The third-order valence-electron chi connectivity index (χ3n) is 2.65. The fourth-order valence-electron chi connectivity index (χ4n) is 1.63. The fourth-order valence-corrected chi connectivity index (χ4v) is 1.80. The van der Waals surface area contributed by atoms with Crippen LogP contribution in [0.15, 0.2) is 54.6 Å². The molecule has 0 bridgehead atoms. The van der Waals surface area contributed by atoms with Crippen LogP contribution < -0.4 is 5.32 Å². The number of hydrogen-bond donors (Lipinski definition) is 1. The summed E-state index contributed by atoms with van der Waals surface area (Å²) >= 11 is 5.90. The molecule has 0 saturated carbocycles. The summed E-state index contributed by atoms with van der Waals surface area (Å²) in [5.41, 5.74) is 0.938. The SMILES string of the molecule is O=C(C=Cc1ccccc1)Nc1cc([N+](=O)[O-])ccc1Cl. The van der Waals surface area contributed by atoms with Gasteiger partial charge in [0.05, 0.1) is 15.6 Å². The van der Waals surface area contributed by atoms with Gasteiger partial charge in [-0.15, -0.1) is 0 Å². The van der Waals surface area contributed by atoms with Crippen molar-refractivity contribution in [3.8, 4) is 0 Å². The first-order valence-electron chi connectivity index (χ1n) is 6.04. The van der Waals surface area contributed by atoms with E-state index in [2.05, 4.69) is 5.32 Å². The first-order chi connectivity index (χ1) is 10.1. The van der Waals surface area contributed by atoms with E-state index < -0.39 is 10.8 Å². The smallest absolute Gasteiger partial charge is 0.271 e. The molecule has 5 nitrogen and oxygen atoms in total. The zero-order chi connectivity index (χ0) is 15.2. The van der Waals surface area contributed by atoms with Gasteiger partial charge >= 0.3 is 0 Å². The van der Waals surface area contributed by atoms with Gasteiger partial charge in [-0.1, -0.05) is 41.9 Å². The highest BCUT2D eigenvalue weighted by molar-refractivity contribution is 6.34. The molecule has 0 aromatic heterocycles. The summed E-state index contributed by atoms with van der Waals surface area (Å²) in [4.78, 5) is 21.9. The maximum atomic E-state index is 11.8. The van der Waals surface area contributed by atoms with Gasteiger partial charge in [0.2, 0.25) is 5.91 Å². The summed E-state index contributed by atoms with van der Waals surface area (Å²) in [5, 5.41) is 13.4. The average Bonchev–Trinajstić information content (AvgIpc) is 2.48. The number of rotatable bonds is 4. The number of anilines is 1. The molecular weight excluding hydrogens is 292 g/mol. The number of nitro groups is 1. The number of nitrogens with zero attached hydrogens (tertiary/aromatic N) is 1. The Bertz CT molecular complexity index is 699. The van der Waals surface area contributed by atoms with Gasteiger partial charge in [0.15, 0.2) is 0 Å². The molecule has 1 N–H and O–H groups in total. The summed E-state index contributed by atoms with van der Waals surface area (Å²) in [7, 11) is 0. The summed E-state index contributed by atoms with van der Waals surface area (Å²) < 4.78 is 0. The summed E-state index contributed by atoms with van der Waals surface area (Å²) in [6.07, 6.45) is 2.98. The molecule has 0 radical (unpaired) electrons. The Morgan fingerprint density at radius 1 is 1.19 bits per heavy atom. The zero-order valence-electron chi connectivity index (χ0n) is 10.8. The fraction of sp³-hybridized carbons (Fsp3) is 0. The highest BCUT2D eigenvalue weighted by Crippen LogP contribution is 2.26. The monoisotopic (exact) mass is 302 g/mol. The molecule has 0 aliphatic rings. The van der Waals surface area contributed by atoms with Crippen LogP contribution in [-0.4, -0.2) is 10.8 Å². The molecule has 0 heterocycles. The predicted octanol–water partition coefficient (Wildman–Crippen LogP) is 3.90. The van der Waals surface area contributed by atoms with E-state index in [0.29, 0.717) is 0 Å². The van der Waals surface area contributed by atoms with Gasteiger partial charge in [0.25, 0.3) is 5.69 Å². The van der Waals surface area contributed by atoms with Crippen molar-refractivity contribution < 1.29 is 9.72 Å². The molecule has 0 atom stereocenters. The minimum Gasteiger partial charge on any atom is -0.321 e. The number of hydrogen-bond acceptors (Lipinski definition) is 3. The Labute approximate surface area is 126 Å². The Balaban J connectivity index is 2.11. The average molecular weight is 303 g/mol. The van der Waals surface area contributed by atoms with Gasteiger partial charge in [-0.05, 0) is 17.7 Å². The number of non-ortho nitro benzene ring substituents is 1. The predicted molar refractivity (Wildman–Crippen MR) is 82.2 cm³/mol. The Kier molecular flexibility index (Phi) is 4.68. The van der Waals surface area contributed by atoms with Crippen molar-refractivity contribution in [3.05, 3.63) is 75.3 Å². The van der Waals surface area contributed by atoms with Crippen molar-refractivity contribution in [2.24, 2.45) is 0 Å². The third kappa shape index (κ3) is 4.15. The van der Waals surface area contributed by atoms with Crippen molar-refractivity contribution in [1.82, 2.24) is 0 Å². The highest BCUT2D eigenvalue weighted by atomic mass is 35.5. The van der Waals surface area contributed by atoms with E-state index in [4.69, 9.17) is 11.6 Å². The number of amides is 1. The van der Waals surface area contributed by atoms with E-state index >= 15 is 0 Å². The van der Waals surface area contributed by atoms with Crippen LogP contribution >= 0.6 is 11.6 Å². The van der Waals surface area contributed by atoms with E-state index in [1.165, 1.54) is 24.3 Å². The van der Waals surface area contributed by atoms with Crippen molar-refractivity contribution in [1.29, 1.82) is 0 Å². The third-order valence-corrected chi connectivity index (χ3v) is 2.97. The Hall–Kier alpha value is -2.66. The van der Waals surface area contributed by atoms with Crippen molar-refractivity contribution in [2.45, 2.75) is 0 Å². The number of carbonyl (C=O) groups excluding carboxylic acids is 1. The second-order valence-corrected chi connectivity index (χ2v) is 4.56. The highest BCUT2D eigenvalue weighted by Gasteiger charge is 2.10. The van der Waals surface area contributed by atoms with Crippen LogP contribution in [-0.2, 0) is 4.79 Å². The first kappa shape index (κ1) is 14.7. The molecule has 2 aromatic rings. The quantitative estimate of drug-likeness (QED) is 0.529. The largest absolute Gasteiger partial charge is 0.321 e. The molecule has 0 unspecified atom stereocenters. The molecule has 0 saturated heterocycles. The normalized spacial score (nSPS) is 10.5. The lowest BCUT2D eigenvalue weighted by Gasteiger charge is -2.04. The number of nitrogens with one attached hydrogen (secondary N) is 1. The van der Waals surface area contributed by atoms with Crippen LogP contribution in [0.2, 0.25) is 5.02 Å². The molecule has 106 valence electrons. The molecule has 0 aliphatic carbocycles. The van der Waals surface area contributed by atoms with Crippen LogP contribution in [0.4, 0.5) is 11.4 Å². The number of benzene rings is 2. The molecular formula is C15H11ClN2O3. The van der Waals surface area contributed by atoms with Crippen LogP contribution in [0.25, 0.3) is 6.08 Å². The maximum Gasteiger partial charge on any atom is 0.271 e. The van der Waals surface area contributed by atoms with E-state index in [1.54, 1.807) is 6.08 Å². The topological polar surface area (TPSA) is 72.2 Å². The van der Waals surface area contributed by atoms with Crippen LogP contribution in [0.3, 0.4) is 0 Å². The van der Waals surface area contributed by atoms with E-state index in [-0.39, 0.29) is 16.4 Å². The summed E-state index contributed by atoms with van der Waals surface area (Å²) in [6.45, 7) is 0. The Morgan fingerprint density at radius 3 is 2.57 bits per heavy atom. The van der Waals surface area contributed by atoms with Gasteiger partial charge < -0.3 is 5.32 Å². The molecule has 6 heteroatoms. The lowest BCUT2D eigenvalue weighted by atomic mass is 10.2. The summed E-state index contributed by atoms with van der Waals surface area (Å²) in [5.74, 6) is -0.416. The van der Waals surface area contributed by atoms with Gasteiger partial charge in [0.1, 0.15) is 0 Å². The second-order valence-electron chi connectivity index (χ2n) is 4.15. The van der Waals surface area contributed by atoms with Gasteiger partial charge in [-0.2, -0.15) is 0 Å². The van der Waals surface area contributed by atoms with Crippen LogP contribution in [0.1, 0.15) is 5.56 Å². The molecule has 1 amide bonds. The van der Waals surface area contributed by atoms with Gasteiger partial charge in [-0.25, -0.2) is 0 Å². The Morgan fingerprint density at radius 2 is 1.90 bits per heavy atom. The lowest BCUT2D eigenvalue weighted by molar-refractivity contribution is -0.384. The summed E-state index contributed by atoms with van der Waals surface area (Å²) in [6, 6.07) is 13.2. The number of carbonyl (C=O) groups is 1. The minimum absolute atomic E-state index is 0.137. The van der Waals surface area contributed by atoms with Crippen molar-refractivity contribution in [2.75, 3.05) is 5.32 Å². The van der Waals surface area contributed by atoms with Crippen molar-refractivity contribution >= 4 is 35.0 Å². The molecule has 21 heavy (non-hydrogen) atoms. The van der Waals surface area contributed by atoms with Crippen molar-refractivity contribution in [3.63, 3.8) is 0 Å². The molecule has 0 aliphatic heterocycles. The van der Waals surface area contributed by atoms with E-state index in [9.17, 15) is 14.9 Å². The van der Waals surface area contributed by atoms with E-state index in [1.807, 2.05) is 30.3 Å². The molecule has 0 spiro atoms. The number of halogens is 1. The van der Waals surface area contributed by atoms with Crippen LogP contribution in [0.5, 0.6) is 0 Å². The number of nitro benzene ring substituents is 1. The maximum absolute atomic E-state index is 11.8. The van der Waals surface area contributed by atoms with Gasteiger partial charge in [0, 0.05) is 18.2 Å². The van der Waals surface area contributed by atoms with Crippen LogP contribution in [0, 0.1) is 10.1 Å². The standard InChI is InChI=1S/C15H11ClN2O3/c16-13-8-7-12(18(20)21)10-14(13)17-15(19)9-6-11-4-2-1-3-5-11/h1-10H,(H,17,19). The molecule has 2 aromatic carbocycles. The zero-order valence-corrected chi connectivity index (χ0v) is 11.6. The van der Waals surface area contributed by atoms with E-state index in [0.717, 1.165) is 5.56 Å². The second kappa shape index (κ2) is 6.67. The van der Waals surface area contributed by atoms with Gasteiger partial charge in [-0.3, -0.25) is 14.9 Å². The lowest BCUT2D eigenvalue weighted by Crippen LogP contribution is -2.08.